The lowest BCUT2D eigenvalue weighted by Crippen LogP contribution is -2.48. The van der Waals surface area contributed by atoms with E-state index in [0.717, 1.165) is 38.5 Å². The summed E-state index contributed by atoms with van der Waals surface area (Å²) in [6, 6.07) is -0.814. The third kappa shape index (κ3) is 48.3. The summed E-state index contributed by atoms with van der Waals surface area (Å²) in [5, 5.41) is 33.3. The minimum Gasteiger partial charge on any atom is -0.394 e. The molecule has 5 nitrogen and oxygen atoms in total. The molecule has 372 valence electrons. The standard InChI is InChI=1S/C58H111NO4/c1-3-5-7-9-11-13-15-17-19-21-23-24-25-26-27-28-29-30-31-32-33-35-37-39-41-43-45-47-49-51-53-57(62)58(63)59-55(54-60)56(61)52-50-48-46-44-42-40-38-36-34-22-20-18-16-14-12-10-8-6-4-2/h26-27,42,44,50,52,55-57,60-62H,3-25,28-41,43,45-49,51,53-54H2,1-2H3,(H,59,63)/b27-26-,44-42+,52-50+. The maximum Gasteiger partial charge on any atom is 0.249 e. The molecule has 0 fully saturated rings. The monoisotopic (exact) mass is 886 g/mol. The van der Waals surface area contributed by atoms with Gasteiger partial charge in [0, 0.05) is 0 Å². The van der Waals surface area contributed by atoms with Crippen LogP contribution in [0.4, 0.5) is 0 Å². The summed E-state index contributed by atoms with van der Waals surface area (Å²) in [5.41, 5.74) is 0. The minimum absolute atomic E-state index is 0.374. The Bertz CT molecular complexity index is 978. The number of nitrogens with one attached hydrogen (secondary N) is 1. The Morgan fingerprint density at radius 2 is 0.651 bits per heavy atom. The zero-order valence-corrected chi connectivity index (χ0v) is 42.5. The van der Waals surface area contributed by atoms with E-state index >= 15 is 0 Å². The molecule has 0 aliphatic carbocycles. The molecule has 0 bridgehead atoms. The topological polar surface area (TPSA) is 89.8 Å². The summed E-state index contributed by atoms with van der Waals surface area (Å²) >= 11 is 0. The zero-order chi connectivity index (χ0) is 45.8. The quantitative estimate of drug-likeness (QED) is 0.0362. The van der Waals surface area contributed by atoms with Crippen molar-refractivity contribution >= 4 is 5.91 Å². The normalized spacial score (nSPS) is 13.5. The van der Waals surface area contributed by atoms with Gasteiger partial charge in [-0.05, 0) is 57.8 Å². The molecule has 0 rings (SSSR count). The molecule has 0 aliphatic heterocycles. The number of carbonyl (C=O) groups is 1. The molecule has 0 aromatic carbocycles. The maximum atomic E-state index is 12.5. The summed E-state index contributed by atoms with van der Waals surface area (Å²) in [6.07, 6.45) is 69.4. The van der Waals surface area contributed by atoms with Crippen LogP contribution in [0.3, 0.4) is 0 Å². The average Bonchev–Trinajstić information content (AvgIpc) is 3.29. The third-order valence-electron chi connectivity index (χ3n) is 13.2. The average molecular weight is 887 g/mol. The number of hydrogen-bond acceptors (Lipinski definition) is 4. The van der Waals surface area contributed by atoms with E-state index in [1.807, 2.05) is 6.08 Å². The molecule has 3 unspecified atom stereocenters. The third-order valence-corrected chi connectivity index (χ3v) is 13.2. The van der Waals surface area contributed by atoms with Crippen LogP contribution in [0.25, 0.3) is 0 Å². The van der Waals surface area contributed by atoms with Crippen LogP contribution in [0.1, 0.15) is 303 Å². The number of rotatable bonds is 52. The Hall–Kier alpha value is -1.43. The van der Waals surface area contributed by atoms with Gasteiger partial charge >= 0.3 is 0 Å². The van der Waals surface area contributed by atoms with Crippen LogP contribution in [0.2, 0.25) is 0 Å². The van der Waals surface area contributed by atoms with Gasteiger partial charge in [0.25, 0.3) is 0 Å². The first-order valence-corrected chi connectivity index (χ1v) is 28.3. The molecule has 0 saturated heterocycles. The highest BCUT2D eigenvalue weighted by molar-refractivity contribution is 5.80. The Kier molecular flexibility index (Phi) is 52.0. The van der Waals surface area contributed by atoms with Gasteiger partial charge in [-0.25, -0.2) is 0 Å². The molecule has 0 radical (unpaired) electrons. The maximum absolute atomic E-state index is 12.5. The van der Waals surface area contributed by atoms with Gasteiger partial charge < -0.3 is 20.6 Å². The van der Waals surface area contributed by atoms with Crippen molar-refractivity contribution in [2.75, 3.05) is 6.61 Å². The molecule has 0 aromatic rings. The second kappa shape index (κ2) is 53.2. The van der Waals surface area contributed by atoms with Crippen molar-refractivity contribution in [1.29, 1.82) is 0 Å². The van der Waals surface area contributed by atoms with Crippen LogP contribution in [-0.2, 0) is 4.79 Å². The molecule has 4 N–H and O–H groups in total. The van der Waals surface area contributed by atoms with Crippen molar-refractivity contribution < 1.29 is 20.1 Å². The molecule has 3 atom stereocenters. The van der Waals surface area contributed by atoms with Crippen LogP contribution < -0.4 is 5.32 Å². The summed E-state index contributed by atoms with van der Waals surface area (Å²) in [6.45, 7) is 4.20. The van der Waals surface area contributed by atoms with E-state index in [9.17, 15) is 20.1 Å². The van der Waals surface area contributed by atoms with E-state index in [1.165, 1.54) is 244 Å². The molecule has 0 aromatic heterocycles. The summed E-state index contributed by atoms with van der Waals surface area (Å²) in [7, 11) is 0. The van der Waals surface area contributed by atoms with E-state index < -0.39 is 24.2 Å². The van der Waals surface area contributed by atoms with Gasteiger partial charge in [-0.2, -0.15) is 0 Å². The van der Waals surface area contributed by atoms with Crippen LogP contribution in [0.5, 0.6) is 0 Å². The predicted octanol–water partition coefficient (Wildman–Crippen LogP) is 17.4. The zero-order valence-electron chi connectivity index (χ0n) is 42.5. The predicted molar refractivity (Wildman–Crippen MR) is 278 cm³/mol. The van der Waals surface area contributed by atoms with Gasteiger partial charge in [0.15, 0.2) is 0 Å². The number of hydrogen-bond donors (Lipinski definition) is 4. The smallest absolute Gasteiger partial charge is 0.249 e. The van der Waals surface area contributed by atoms with Crippen molar-refractivity contribution in [3.8, 4) is 0 Å². The van der Waals surface area contributed by atoms with Crippen LogP contribution >= 0.6 is 0 Å². The summed E-state index contributed by atoms with van der Waals surface area (Å²) in [4.78, 5) is 12.5. The van der Waals surface area contributed by atoms with Crippen molar-refractivity contribution in [3.05, 3.63) is 36.5 Å². The second-order valence-corrected chi connectivity index (χ2v) is 19.5. The summed E-state index contributed by atoms with van der Waals surface area (Å²) < 4.78 is 0. The first kappa shape index (κ1) is 61.6. The van der Waals surface area contributed by atoms with Gasteiger partial charge in [0.05, 0.1) is 18.8 Å². The highest BCUT2D eigenvalue weighted by atomic mass is 16.3. The lowest BCUT2D eigenvalue weighted by atomic mass is 10.0. The van der Waals surface area contributed by atoms with E-state index in [0.29, 0.717) is 6.42 Å². The van der Waals surface area contributed by atoms with Gasteiger partial charge in [-0.15, -0.1) is 0 Å². The van der Waals surface area contributed by atoms with Gasteiger partial charge in [-0.1, -0.05) is 281 Å². The highest BCUT2D eigenvalue weighted by Gasteiger charge is 2.22. The molecule has 0 saturated carbocycles. The molecular formula is C58H111NO4. The molecule has 0 spiro atoms. The Labute approximate surface area is 394 Å². The Morgan fingerprint density at radius 1 is 0.381 bits per heavy atom. The fourth-order valence-corrected chi connectivity index (χ4v) is 8.79. The van der Waals surface area contributed by atoms with E-state index in [4.69, 9.17) is 0 Å². The summed E-state index contributed by atoms with van der Waals surface area (Å²) in [5.74, 6) is -0.509. The fraction of sp³-hybridized carbons (Fsp3) is 0.879. The van der Waals surface area contributed by atoms with Crippen molar-refractivity contribution in [2.45, 2.75) is 321 Å². The number of amides is 1. The molecule has 63 heavy (non-hydrogen) atoms. The van der Waals surface area contributed by atoms with Gasteiger partial charge in [0.1, 0.15) is 6.10 Å². The lowest BCUT2D eigenvalue weighted by molar-refractivity contribution is -0.131. The molecule has 0 heterocycles. The highest BCUT2D eigenvalue weighted by Crippen LogP contribution is 2.17. The Morgan fingerprint density at radius 3 is 0.968 bits per heavy atom. The van der Waals surface area contributed by atoms with Crippen molar-refractivity contribution in [3.63, 3.8) is 0 Å². The van der Waals surface area contributed by atoms with Crippen molar-refractivity contribution in [1.82, 2.24) is 5.32 Å². The number of allylic oxidation sites excluding steroid dienone is 5. The Balaban J connectivity index is 3.57. The number of carbonyl (C=O) groups excluding carboxylic acids is 1. The van der Waals surface area contributed by atoms with Gasteiger partial charge in [-0.3, -0.25) is 4.79 Å². The second-order valence-electron chi connectivity index (χ2n) is 19.5. The SMILES string of the molecule is CCCCCCCCCCCCCC/C=C\CCCCCCCCCCCCCCCCC(O)C(=O)NC(CO)C(O)/C=C/CC/C=C/CCCCCCCCCCCCCCC. The molecule has 1 amide bonds. The largest absolute Gasteiger partial charge is 0.394 e. The number of aliphatic hydroxyl groups is 3. The number of unbranched alkanes of at least 4 members (excludes halogenated alkanes) is 40. The first-order valence-electron chi connectivity index (χ1n) is 28.3. The van der Waals surface area contributed by atoms with Gasteiger partial charge in [0.2, 0.25) is 5.91 Å². The fourth-order valence-electron chi connectivity index (χ4n) is 8.79. The minimum atomic E-state index is -1.11. The molecule has 5 heteroatoms. The van der Waals surface area contributed by atoms with Crippen LogP contribution in [-0.4, -0.2) is 46.1 Å². The van der Waals surface area contributed by atoms with E-state index in [1.54, 1.807) is 6.08 Å². The number of aliphatic hydroxyl groups excluding tert-OH is 3. The van der Waals surface area contributed by atoms with Crippen molar-refractivity contribution in [2.24, 2.45) is 0 Å². The lowest BCUT2D eigenvalue weighted by Gasteiger charge is -2.21. The van der Waals surface area contributed by atoms with E-state index in [2.05, 4.69) is 43.5 Å². The van der Waals surface area contributed by atoms with Crippen LogP contribution in [0, 0.1) is 0 Å². The van der Waals surface area contributed by atoms with Crippen LogP contribution in [0.15, 0.2) is 36.5 Å². The molecule has 0 aliphatic rings. The molecular weight excluding hydrogens is 775 g/mol. The first-order chi connectivity index (χ1) is 31.1. The van der Waals surface area contributed by atoms with E-state index in [-0.39, 0.29) is 6.61 Å².